The van der Waals surface area contributed by atoms with Gasteiger partial charge >= 0.3 is 0 Å². The van der Waals surface area contributed by atoms with Crippen LogP contribution in [0.3, 0.4) is 0 Å². The van der Waals surface area contributed by atoms with E-state index in [1.807, 2.05) is 0 Å². The Kier molecular flexibility index (Phi) is 3.60. The minimum absolute atomic E-state index is 0.262. The molecule has 0 fully saturated rings. The molecule has 5 heteroatoms. The van der Waals surface area contributed by atoms with Crippen LogP contribution in [0.15, 0.2) is 18.2 Å². The van der Waals surface area contributed by atoms with Gasteiger partial charge < -0.3 is 11.1 Å². The number of alkyl halides is 2. The summed E-state index contributed by atoms with van der Waals surface area (Å²) in [5, 5.41) is 2.11. The van der Waals surface area contributed by atoms with E-state index in [1.54, 1.807) is 25.1 Å². The van der Waals surface area contributed by atoms with Gasteiger partial charge in [0.05, 0.1) is 12.1 Å². The van der Waals surface area contributed by atoms with Gasteiger partial charge in [-0.2, -0.15) is 0 Å². The molecule has 0 aliphatic rings. The van der Waals surface area contributed by atoms with Gasteiger partial charge in [-0.25, -0.2) is 8.78 Å². The van der Waals surface area contributed by atoms with E-state index in [2.05, 4.69) is 5.32 Å². The summed E-state index contributed by atoms with van der Waals surface area (Å²) in [4.78, 5) is 11.5. The van der Waals surface area contributed by atoms with Crippen LogP contribution < -0.4 is 11.1 Å². The van der Waals surface area contributed by atoms with E-state index in [1.165, 1.54) is 0 Å². The summed E-state index contributed by atoms with van der Waals surface area (Å²) in [7, 11) is 0. The van der Waals surface area contributed by atoms with Crippen molar-refractivity contribution in [2.45, 2.75) is 13.3 Å². The molecule has 0 atom stereocenters. The third-order valence-corrected chi connectivity index (χ3v) is 1.95. The number of aryl methyl sites for hydroxylation is 1. The minimum Gasteiger partial charge on any atom is -0.398 e. The van der Waals surface area contributed by atoms with Crippen LogP contribution in [0.4, 0.5) is 14.5 Å². The Bertz CT molecular complexity index is 346. The van der Waals surface area contributed by atoms with Gasteiger partial charge in [-0.3, -0.25) is 4.79 Å². The van der Waals surface area contributed by atoms with Crippen LogP contribution in [-0.2, 0) is 0 Å². The highest BCUT2D eigenvalue weighted by atomic mass is 19.3. The predicted molar refractivity (Wildman–Crippen MR) is 53.9 cm³/mol. The number of carbonyl (C=O) groups is 1. The number of amides is 1. The highest BCUT2D eigenvalue weighted by Gasteiger charge is 2.13. The van der Waals surface area contributed by atoms with Crippen molar-refractivity contribution in [3.8, 4) is 0 Å². The first-order valence-electron chi connectivity index (χ1n) is 4.44. The molecular formula is C10H12F2N2O. The number of carbonyl (C=O) groups excluding carboxylic acids is 1. The summed E-state index contributed by atoms with van der Waals surface area (Å²) in [5.74, 6) is -0.564. The maximum Gasteiger partial charge on any atom is 0.255 e. The zero-order valence-electron chi connectivity index (χ0n) is 8.26. The van der Waals surface area contributed by atoms with E-state index < -0.39 is 18.9 Å². The van der Waals surface area contributed by atoms with Gasteiger partial charge in [0.1, 0.15) is 0 Å². The molecule has 0 spiro atoms. The zero-order valence-corrected chi connectivity index (χ0v) is 8.26. The fourth-order valence-corrected chi connectivity index (χ4v) is 1.26. The molecule has 0 aromatic heterocycles. The molecule has 0 unspecified atom stereocenters. The lowest BCUT2D eigenvalue weighted by Crippen LogP contribution is -2.29. The molecule has 0 aliphatic carbocycles. The average Bonchev–Trinajstić information content (AvgIpc) is 2.14. The molecule has 0 saturated heterocycles. The molecule has 0 bridgehead atoms. The molecule has 0 radical (unpaired) electrons. The Balaban J connectivity index is 2.82. The van der Waals surface area contributed by atoms with E-state index in [9.17, 15) is 13.6 Å². The van der Waals surface area contributed by atoms with E-state index in [0.29, 0.717) is 11.3 Å². The molecule has 0 aliphatic heterocycles. The number of anilines is 1. The van der Waals surface area contributed by atoms with Crippen molar-refractivity contribution < 1.29 is 13.6 Å². The standard InChI is InChI=1S/C10H12F2N2O/c1-6-3-2-4-7(13)9(6)10(15)14-5-8(11)12/h2-4,8H,5,13H2,1H3,(H,14,15). The van der Waals surface area contributed by atoms with Crippen LogP contribution in [0.1, 0.15) is 15.9 Å². The van der Waals surface area contributed by atoms with Gasteiger partial charge in [-0.05, 0) is 18.6 Å². The lowest BCUT2D eigenvalue weighted by molar-refractivity contribution is 0.0892. The monoisotopic (exact) mass is 214 g/mol. The Morgan fingerprint density at radius 3 is 2.73 bits per heavy atom. The van der Waals surface area contributed by atoms with Crippen LogP contribution in [0, 0.1) is 6.92 Å². The van der Waals surface area contributed by atoms with Crippen LogP contribution in [0.25, 0.3) is 0 Å². The van der Waals surface area contributed by atoms with Crippen LogP contribution in [0.2, 0.25) is 0 Å². The normalized spacial score (nSPS) is 10.4. The van der Waals surface area contributed by atoms with Gasteiger partial charge in [-0.15, -0.1) is 0 Å². The lowest BCUT2D eigenvalue weighted by atomic mass is 10.1. The second-order valence-electron chi connectivity index (χ2n) is 3.14. The Labute approximate surface area is 86.3 Å². The third kappa shape index (κ3) is 2.90. The van der Waals surface area contributed by atoms with E-state index >= 15 is 0 Å². The second kappa shape index (κ2) is 4.72. The molecule has 1 amide bonds. The number of hydrogen-bond acceptors (Lipinski definition) is 2. The second-order valence-corrected chi connectivity index (χ2v) is 3.14. The van der Waals surface area contributed by atoms with E-state index in [-0.39, 0.29) is 5.56 Å². The van der Waals surface area contributed by atoms with Crippen molar-refractivity contribution in [3.05, 3.63) is 29.3 Å². The quantitative estimate of drug-likeness (QED) is 0.750. The highest BCUT2D eigenvalue weighted by molar-refractivity contribution is 6.00. The first-order valence-corrected chi connectivity index (χ1v) is 4.44. The van der Waals surface area contributed by atoms with Crippen LogP contribution >= 0.6 is 0 Å². The summed E-state index contributed by atoms with van der Waals surface area (Å²) in [5.41, 5.74) is 6.80. The van der Waals surface area contributed by atoms with Crippen LogP contribution in [-0.4, -0.2) is 18.9 Å². The number of nitrogens with two attached hydrogens (primary N) is 1. The molecule has 3 N–H and O–H groups in total. The summed E-state index contributed by atoms with van der Waals surface area (Å²) in [6.45, 7) is 1.04. The van der Waals surface area contributed by atoms with Crippen molar-refractivity contribution >= 4 is 11.6 Å². The van der Waals surface area contributed by atoms with Crippen molar-refractivity contribution in [1.29, 1.82) is 0 Å². The SMILES string of the molecule is Cc1cccc(N)c1C(=O)NCC(F)F. The molecule has 3 nitrogen and oxygen atoms in total. The molecular weight excluding hydrogens is 202 g/mol. The summed E-state index contributed by atoms with van der Waals surface area (Å²) in [6, 6.07) is 4.96. The van der Waals surface area contributed by atoms with E-state index in [0.717, 1.165) is 0 Å². The fraction of sp³-hybridized carbons (Fsp3) is 0.300. The van der Waals surface area contributed by atoms with Crippen molar-refractivity contribution in [3.63, 3.8) is 0 Å². The smallest absolute Gasteiger partial charge is 0.255 e. The third-order valence-electron chi connectivity index (χ3n) is 1.95. The number of halogens is 2. The molecule has 0 saturated carbocycles. The number of benzene rings is 1. The van der Waals surface area contributed by atoms with Gasteiger partial charge in [0.15, 0.2) is 0 Å². The molecule has 1 aromatic carbocycles. The van der Waals surface area contributed by atoms with Crippen molar-refractivity contribution in [2.24, 2.45) is 0 Å². The molecule has 15 heavy (non-hydrogen) atoms. The molecule has 0 heterocycles. The maximum atomic E-state index is 11.9. The average molecular weight is 214 g/mol. The minimum atomic E-state index is -2.56. The largest absolute Gasteiger partial charge is 0.398 e. The number of nitrogen functional groups attached to an aromatic ring is 1. The van der Waals surface area contributed by atoms with Crippen molar-refractivity contribution in [2.75, 3.05) is 12.3 Å². The number of rotatable bonds is 3. The van der Waals surface area contributed by atoms with Crippen LogP contribution in [0.5, 0.6) is 0 Å². The zero-order chi connectivity index (χ0) is 11.4. The van der Waals surface area contributed by atoms with Gasteiger partial charge in [0.2, 0.25) is 0 Å². The Morgan fingerprint density at radius 2 is 2.20 bits per heavy atom. The topological polar surface area (TPSA) is 55.1 Å². The van der Waals surface area contributed by atoms with Gasteiger partial charge in [0.25, 0.3) is 12.3 Å². The molecule has 1 aromatic rings. The number of hydrogen-bond donors (Lipinski definition) is 2. The summed E-state index contributed by atoms with van der Waals surface area (Å²) in [6.07, 6.45) is -2.56. The fourth-order valence-electron chi connectivity index (χ4n) is 1.26. The Hall–Kier alpha value is -1.65. The highest BCUT2D eigenvalue weighted by Crippen LogP contribution is 2.15. The summed E-state index contributed by atoms with van der Waals surface area (Å²) >= 11 is 0. The molecule has 1 rings (SSSR count). The van der Waals surface area contributed by atoms with Crippen molar-refractivity contribution in [1.82, 2.24) is 5.32 Å². The van der Waals surface area contributed by atoms with E-state index in [4.69, 9.17) is 5.73 Å². The lowest BCUT2D eigenvalue weighted by Gasteiger charge is -2.09. The van der Waals surface area contributed by atoms with Gasteiger partial charge in [-0.1, -0.05) is 12.1 Å². The maximum absolute atomic E-state index is 11.9. The summed E-state index contributed by atoms with van der Waals surface area (Å²) < 4.78 is 23.7. The number of nitrogens with one attached hydrogen (secondary N) is 1. The predicted octanol–water partition coefficient (Wildman–Crippen LogP) is 1.57. The first-order chi connectivity index (χ1) is 7.02. The molecule has 82 valence electrons. The van der Waals surface area contributed by atoms with Gasteiger partial charge in [0, 0.05) is 5.69 Å². The Morgan fingerprint density at radius 1 is 1.53 bits per heavy atom. The first kappa shape index (κ1) is 11.4.